The maximum absolute atomic E-state index is 12.9. The molecule has 0 spiro atoms. The lowest BCUT2D eigenvalue weighted by Gasteiger charge is -2.36. The third-order valence-corrected chi connectivity index (χ3v) is 4.40. The van der Waals surface area contributed by atoms with Crippen molar-refractivity contribution in [2.75, 3.05) is 27.3 Å². The van der Waals surface area contributed by atoms with Gasteiger partial charge in [0.2, 0.25) is 5.91 Å². The van der Waals surface area contributed by atoms with E-state index in [4.69, 9.17) is 9.47 Å². The van der Waals surface area contributed by atoms with E-state index in [1.165, 1.54) is 0 Å². The van der Waals surface area contributed by atoms with Crippen molar-refractivity contribution in [1.29, 1.82) is 0 Å². The van der Waals surface area contributed by atoms with Crippen LogP contribution in [0.2, 0.25) is 0 Å². The first-order chi connectivity index (χ1) is 11.3. The minimum Gasteiger partial charge on any atom is -0.497 e. The van der Waals surface area contributed by atoms with Gasteiger partial charge in [0.25, 0.3) is 0 Å². The minimum absolute atomic E-state index is 0.0286. The summed E-state index contributed by atoms with van der Waals surface area (Å²) in [5.74, 6) is 1.10. The van der Waals surface area contributed by atoms with Crippen molar-refractivity contribution in [3.05, 3.63) is 23.8 Å². The van der Waals surface area contributed by atoms with Crippen LogP contribution in [0.4, 0.5) is 0 Å². The first kappa shape index (κ1) is 18.3. The molecule has 0 radical (unpaired) electrons. The van der Waals surface area contributed by atoms with Crippen LogP contribution in [0.25, 0.3) is 0 Å². The van der Waals surface area contributed by atoms with Gasteiger partial charge in [-0.1, -0.05) is 20.8 Å². The highest BCUT2D eigenvalue weighted by Crippen LogP contribution is 2.30. The minimum atomic E-state index is -0.428. The van der Waals surface area contributed by atoms with Crippen LogP contribution in [-0.4, -0.2) is 43.9 Å². The molecule has 1 fully saturated rings. The average molecular weight is 333 g/mol. The summed E-state index contributed by atoms with van der Waals surface area (Å²) in [6, 6.07) is 5.22. The van der Waals surface area contributed by atoms with Crippen molar-refractivity contribution < 1.29 is 19.1 Å². The van der Waals surface area contributed by atoms with Gasteiger partial charge in [-0.25, -0.2) is 0 Å². The standard InChI is InChI=1S/C19H27NO4/c1-19(2,3)18(22)20-10-6-7-13(12-20)17(21)15-9-8-14(23-4)11-16(15)24-5/h8-9,11,13H,6-7,10,12H2,1-5H3. The van der Waals surface area contributed by atoms with E-state index in [1.807, 2.05) is 25.7 Å². The topological polar surface area (TPSA) is 55.8 Å². The third kappa shape index (κ3) is 3.89. The molecule has 0 N–H and O–H groups in total. The van der Waals surface area contributed by atoms with Crippen LogP contribution in [-0.2, 0) is 4.79 Å². The lowest BCUT2D eigenvalue weighted by molar-refractivity contribution is -0.140. The molecule has 1 aromatic rings. The summed E-state index contributed by atoms with van der Waals surface area (Å²) in [4.78, 5) is 27.3. The van der Waals surface area contributed by atoms with Gasteiger partial charge in [-0.2, -0.15) is 0 Å². The molecular formula is C19H27NO4. The van der Waals surface area contributed by atoms with Gasteiger partial charge in [0.15, 0.2) is 5.78 Å². The van der Waals surface area contributed by atoms with Crippen molar-refractivity contribution in [1.82, 2.24) is 4.90 Å². The Morgan fingerprint density at radius 2 is 1.88 bits per heavy atom. The van der Waals surface area contributed by atoms with E-state index in [0.29, 0.717) is 23.6 Å². The second-order valence-corrected chi connectivity index (χ2v) is 7.27. The number of ketones is 1. The number of amides is 1. The highest BCUT2D eigenvalue weighted by atomic mass is 16.5. The highest BCUT2D eigenvalue weighted by molar-refractivity contribution is 6.01. The van der Waals surface area contributed by atoms with Gasteiger partial charge in [-0.05, 0) is 25.0 Å². The quantitative estimate of drug-likeness (QED) is 0.794. The third-order valence-electron chi connectivity index (χ3n) is 4.40. The van der Waals surface area contributed by atoms with E-state index < -0.39 is 5.41 Å². The Morgan fingerprint density at radius 3 is 2.46 bits per heavy atom. The maximum Gasteiger partial charge on any atom is 0.227 e. The predicted octanol–water partition coefficient (Wildman–Crippen LogP) is 3.17. The Bertz CT molecular complexity index is 618. The molecule has 132 valence electrons. The second-order valence-electron chi connectivity index (χ2n) is 7.27. The molecule has 24 heavy (non-hydrogen) atoms. The summed E-state index contributed by atoms with van der Waals surface area (Å²) < 4.78 is 10.5. The molecule has 1 aliphatic rings. The van der Waals surface area contributed by atoms with E-state index in [1.54, 1.807) is 32.4 Å². The fourth-order valence-electron chi connectivity index (χ4n) is 3.07. The molecule has 5 heteroatoms. The average Bonchev–Trinajstić information content (AvgIpc) is 2.59. The van der Waals surface area contributed by atoms with E-state index in [-0.39, 0.29) is 17.6 Å². The SMILES string of the molecule is COc1ccc(C(=O)C2CCCN(C(=O)C(C)(C)C)C2)c(OC)c1. The first-order valence-corrected chi connectivity index (χ1v) is 8.33. The van der Waals surface area contributed by atoms with E-state index in [0.717, 1.165) is 19.4 Å². The van der Waals surface area contributed by atoms with Gasteiger partial charge in [0.05, 0.1) is 19.8 Å². The number of carbonyl (C=O) groups is 2. The lowest BCUT2D eigenvalue weighted by Crippen LogP contribution is -2.46. The van der Waals surface area contributed by atoms with Crippen molar-refractivity contribution >= 4 is 11.7 Å². The fraction of sp³-hybridized carbons (Fsp3) is 0.579. The molecule has 1 aliphatic heterocycles. The number of methoxy groups -OCH3 is 2. The van der Waals surface area contributed by atoms with Crippen LogP contribution in [0.1, 0.15) is 44.0 Å². The molecule has 1 atom stereocenters. The fourth-order valence-corrected chi connectivity index (χ4v) is 3.07. The van der Waals surface area contributed by atoms with Gasteiger partial charge in [-0.15, -0.1) is 0 Å². The van der Waals surface area contributed by atoms with Gasteiger partial charge >= 0.3 is 0 Å². The maximum atomic E-state index is 12.9. The molecule has 0 aromatic heterocycles. The van der Waals surface area contributed by atoms with Crippen LogP contribution in [0.5, 0.6) is 11.5 Å². The molecule has 1 heterocycles. The Hall–Kier alpha value is -2.04. The molecule has 1 saturated heterocycles. The molecule has 5 nitrogen and oxygen atoms in total. The monoisotopic (exact) mass is 333 g/mol. The second kappa shape index (κ2) is 7.24. The summed E-state index contributed by atoms with van der Waals surface area (Å²) in [5.41, 5.74) is 0.122. The molecule has 0 aliphatic carbocycles. The zero-order chi connectivity index (χ0) is 17.9. The molecule has 1 amide bonds. The Balaban J connectivity index is 2.19. The zero-order valence-electron chi connectivity index (χ0n) is 15.2. The van der Waals surface area contributed by atoms with Crippen LogP contribution in [0.15, 0.2) is 18.2 Å². The number of hydrogen-bond acceptors (Lipinski definition) is 4. The van der Waals surface area contributed by atoms with Gasteiger partial charge in [-0.3, -0.25) is 9.59 Å². The molecule has 2 rings (SSSR count). The molecule has 1 aromatic carbocycles. The number of hydrogen-bond donors (Lipinski definition) is 0. The largest absolute Gasteiger partial charge is 0.497 e. The summed E-state index contributed by atoms with van der Waals surface area (Å²) in [5, 5.41) is 0. The van der Waals surface area contributed by atoms with Crippen LogP contribution in [0, 0.1) is 11.3 Å². The smallest absolute Gasteiger partial charge is 0.227 e. The number of piperidine rings is 1. The lowest BCUT2D eigenvalue weighted by atomic mass is 9.87. The van der Waals surface area contributed by atoms with Crippen molar-refractivity contribution in [2.24, 2.45) is 11.3 Å². The number of rotatable bonds is 4. The normalized spacial score (nSPS) is 18.2. The Kier molecular flexibility index (Phi) is 5.52. The first-order valence-electron chi connectivity index (χ1n) is 8.33. The molecule has 0 bridgehead atoms. The van der Waals surface area contributed by atoms with Gasteiger partial charge in [0, 0.05) is 30.5 Å². The Morgan fingerprint density at radius 1 is 1.17 bits per heavy atom. The van der Waals surface area contributed by atoms with E-state index >= 15 is 0 Å². The molecular weight excluding hydrogens is 306 g/mol. The number of Topliss-reactive ketones (excluding diaryl/α,β-unsaturated/α-hetero) is 1. The molecule has 1 unspecified atom stereocenters. The highest BCUT2D eigenvalue weighted by Gasteiger charge is 2.34. The number of carbonyl (C=O) groups excluding carboxylic acids is 2. The number of benzene rings is 1. The summed E-state index contributed by atoms with van der Waals surface area (Å²) in [6.07, 6.45) is 1.64. The number of ether oxygens (including phenoxy) is 2. The van der Waals surface area contributed by atoms with E-state index in [9.17, 15) is 9.59 Å². The Labute approximate surface area is 143 Å². The summed E-state index contributed by atoms with van der Waals surface area (Å²) >= 11 is 0. The number of likely N-dealkylation sites (tertiary alicyclic amines) is 1. The van der Waals surface area contributed by atoms with Crippen LogP contribution >= 0.6 is 0 Å². The predicted molar refractivity (Wildman–Crippen MR) is 92.6 cm³/mol. The zero-order valence-corrected chi connectivity index (χ0v) is 15.2. The summed E-state index contributed by atoms with van der Waals surface area (Å²) in [7, 11) is 3.12. The van der Waals surface area contributed by atoms with Crippen molar-refractivity contribution in [3.63, 3.8) is 0 Å². The number of nitrogens with zero attached hydrogens (tertiary/aromatic N) is 1. The van der Waals surface area contributed by atoms with Crippen molar-refractivity contribution in [3.8, 4) is 11.5 Å². The van der Waals surface area contributed by atoms with Crippen molar-refractivity contribution in [2.45, 2.75) is 33.6 Å². The van der Waals surface area contributed by atoms with Crippen LogP contribution in [0.3, 0.4) is 0 Å². The van der Waals surface area contributed by atoms with Crippen LogP contribution < -0.4 is 9.47 Å². The summed E-state index contributed by atoms with van der Waals surface area (Å²) in [6.45, 7) is 6.93. The van der Waals surface area contributed by atoms with Gasteiger partial charge in [0.1, 0.15) is 11.5 Å². The van der Waals surface area contributed by atoms with Gasteiger partial charge < -0.3 is 14.4 Å². The van der Waals surface area contributed by atoms with E-state index in [2.05, 4.69) is 0 Å². The molecule has 0 saturated carbocycles.